The lowest BCUT2D eigenvalue weighted by Crippen LogP contribution is -1.95. The third-order valence-corrected chi connectivity index (χ3v) is 3.58. The van der Waals surface area contributed by atoms with Crippen molar-refractivity contribution in [3.05, 3.63) is 66.0 Å². The van der Waals surface area contributed by atoms with Gasteiger partial charge in [0.05, 0.1) is 12.7 Å². The van der Waals surface area contributed by atoms with Gasteiger partial charge in [-0.3, -0.25) is 0 Å². The summed E-state index contributed by atoms with van der Waals surface area (Å²) in [6, 6.07) is 14.8. The van der Waals surface area contributed by atoms with Crippen molar-refractivity contribution in [2.45, 2.75) is 0 Å². The molecule has 0 fully saturated rings. The first-order valence-electron chi connectivity index (χ1n) is 6.69. The fourth-order valence-electron chi connectivity index (χ4n) is 2.39. The molecule has 0 amide bonds. The second kappa shape index (κ2) is 5.48. The molecular formula is C18H13FO3. The molecule has 3 nitrogen and oxygen atoms in total. The topological polar surface area (TPSA) is 46.5 Å². The third kappa shape index (κ3) is 2.51. The minimum atomic E-state index is -1.00. The fraction of sp³-hybridized carbons (Fsp3) is 0.0556. The molecule has 3 rings (SSSR count). The molecule has 0 aliphatic heterocycles. The third-order valence-electron chi connectivity index (χ3n) is 3.58. The summed E-state index contributed by atoms with van der Waals surface area (Å²) in [6.07, 6.45) is 0. The van der Waals surface area contributed by atoms with Crippen LogP contribution in [0, 0.1) is 5.82 Å². The van der Waals surface area contributed by atoms with Crippen LogP contribution in [0.1, 0.15) is 10.4 Å². The lowest BCUT2D eigenvalue weighted by Gasteiger charge is -2.08. The normalized spacial score (nSPS) is 10.6. The van der Waals surface area contributed by atoms with E-state index in [-0.39, 0.29) is 11.4 Å². The number of ether oxygens (including phenoxy) is 1. The minimum absolute atomic E-state index is 0.176. The molecule has 0 saturated heterocycles. The first-order chi connectivity index (χ1) is 10.6. The number of aromatic carboxylic acids is 1. The highest BCUT2D eigenvalue weighted by Gasteiger charge is 2.09. The van der Waals surface area contributed by atoms with Crippen LogP contribution in [0.25, 0.3) is 21.9 Å². The molecule has 0 bridgehead atoms. The van der Waals surface area contributed by atoms with Crippen LogP contribution in [-0.2, 0) is 0 Å². The first kappa shape index (κ1) is 14.1. The Morgan fingerprint density at radius 2 is 1.73 bits per heavy atom. The van der Waals surface area contributed by atoms with Gasteiger partial charge in [0, 0.05) is 5.56 Å². The van der Waals surface area contributed by atoms with Crippen LogP contribution in [0.3, 0.4) is 0 Å². The lowest BCUT2D eigenvalue weighted by atomic mass is 9.99. The van der Waals surface area contributed by atoms with Gasteiger partial charge in [-0.25, -0.2) is 9.18 Å². The Morgan fingerprint density at radius 3 is 2.36 bits per heavy atom. The zero-order chi connectivity index (χ0) is 15.7. The van der Waals surface area contributed by atoms with Crippen LogP contribution in [0.5, 0.6) is 5.75 Å². The van der Waals surface area contributed by atoms with Gasteiger partial charge >= 0.3 is 5.97 Å². The smallest absolute Gasteiger partial charge is 0.335 e. The molecule has 0 atom stereocenters. The van der Waals surface area contributed by atoms with E-state index in [2.05, 4.69) is 0 Å². The zero-order valence-corrected chi connectivity index (χ0v) is 11.8. The van der Waals surface area contributed by atoms with Crippen molar-refractivity contribution in [3.63, 3.8) is 0 Å². The van der Waals surface area contributed by atoms with Crippen LogP contribution >= 0.6 is 0 Å². The van der Waals surface area contributed by atoms with E-state index >= 15 is 0 Å². The van der Waals surface area contributed by atoms with Gasteiger partial charge in [-0.1, -0.05) is 18.2 Å². The number of hydrogen-bond donors (Lipinski definition) is 1. The summed E-state index contributed by atoms with van der Waals surface area (Å²) in [5, 5.41) is 10.5. The summed E-state index contributed by atoms with van der Waals surface area (Å²) in [7, 11) is 1.57. The summed E-state index contributed by atoms with van der Waals surface area (Å²) < 4.78 is 19.5. The maximum Gasteiger partial charge on any atom is 0.335 e. The number of carbonyl (C=O) groups is 1. The van der Waals surface area contributed by atoms with E-state index < -0.39 is 5.97 Å². The molecule has 0 aliphatic carbocycles. The molecule has 110 valence electrons. The summed E-state index contributed by atoms with van der Waals surface area (Å²) in [5.41, 5.74) is 1.25. The average molecular weight is 296 g/mol. The summed E-state index contributed by atoms with van der Waals surface area (Å²) in [5.74, 6) is -0.688. The Balaban J connectivity index is 2.10. The molecule has 0 heterocycles. The number of carboxylic acid groups (broad SMARTS) is 1. The number of hydrogen-bond acceptors (Lipinski definition) is 2. The number of fused-ring (bicyclic) bond motifs is 1. The van der Waals surface area contributed by atoms with Crippen LogP contribution in [-0.4, -0.2) is 18.2 Å². The summed E-state index contributed by atoms with van der Waals surface area (Å²) in [6.45, 7) is 0. The van der Waals surface area contributed by atoms with E-state index in [9.17, 15) is 9.18 Å². The maximum absolute atomic E-state index is 14.3. The highest BCUT2D eigenvalue weighted by atomic mass is 19.1. The number of benzene rings is 3. The molecule has 0 saturated carbocycles. The van der Waals surface area contributed by atoms with E-state index in [0.29, 0.717) is 16.9 Å². The molecule has 0 spiro atoms. The van der Waals surface area contributed by atoms with E-state index in [4.69, 9.17) is 9.84 Å². The van der Waals surface area contributed by atoms with Crippen LogP contribution < -0.4 is 4.74 Å². The van der Waals surface area contributed by atoms with Gasteiger partial charge in [-0.2, -0.15) is 0 Å². The number of carboxylic acids is 1. The highest BCUT2D eigenvalue weighted by Crippen LogP contribution is 2.30. The number of halogens is 1. The molecule has 3 aromatic rings. The molecule has 3 aromatic carbocycles. The van der Waals surface area contributed by atoms with Gasteiger partial charge in [0.25, 0.3) is 0 Å². The van der Waals surface area contributed by atoms with Gasteiger partial charge in [-0.05, 0) is 52.7 Å². The fourth-order valence-corrected chi connectivity index (χ4v) is 2.39. The predicted molar refractivity (Wildman–Crippen MR) is 82.9 cm³/mol. The number of methoxy groups -OCH3 is 1. The van der Waals surface area contributed by atoms with E-state index in [1.165, 1.54) is 18.2 Å². The number of rotatable bonds is 3. The Kier molecular flexibility index (Phi) is 3.51. The Morgan fingerprint density at radius 1 is 1.00 bits per heavy atom. The standard InChI is InChI=1S/C18H13FO3/c1-22-15-7-6-13-9-16(17(19)10-14(13)8-15)11-2-4-12(5-3-11)18(20)21/h2-10H,1H3,(H,20,21). The van der Waals surface area contributed by atoms with Crippen molar-refractivity contribution < 1.29 is 19.0 Å². The van der Waals surface area contributed by atoms with Gasteiger partial charge in [0.15, 0.2) is 0 Å². The largest absolute Gasteiger partial charge is 0.497 e. The zero-order valence-electron chi connectivity index (χ0n) is 11.8. The maximum atomic E-state index is 14.3. The van der Waals surface area contributed by atoms with Crippen LogP contribution in [0.15, 0.2) is 54.6 Å². The molecule has 0 unspecified atom stereocenters. The van der Waals surface area contributed by atoms with Crippen molar-refractivity contribution >= 4 is 16.7 Å². The predicted octanol–water partition coefficient (Wildman–Crippen LogP) is 4.35. The van der Waals surface area contributed by atoms with E-state index in [1.54, 1.807) is 31.4 Å². The highest BCUT2D eigenvalue weighted by molar-refractivity contribution is 5.90. The first-order valence-corrected chi connectivity index (χ1v) is 6.69. The van der Waals surface area contributed by atoms with Crippen molar-refractivity contribution in [1.29, 1.82) is 0 Å². The molecule has 4 heteroatoms. The van der Waals surface area contributed by atoms with Crippen LogP contribution in [0.4, 0.5) is 4.39 Å². The molecular weight excluding hydrogens is 283 g/mol. The Bertz CT molecular complexity index is 854. The van der Waals surface area contributed by atoms with E-state index in [1.807, 2.05) is 12.1 Å². The summed E-state index contributed by atoms with van der Waals surface area (Å²) in [4.78, 5) is 10.9. The lowest BCUT2D eigenvalue weighted by molar-refractivity contribution is 0.0697. The molecule has 0 aliphatic rings. The van der Waals surface area contributed by atoms with Crippen LogP contribution in [0.2, 0.25) is 0 Å². The SMILES string of the molecule is COc1ccc2cc(-c3ccc(C(=O)O)cc3)c(F)cc2c1. The minimum Gasteiger partial charge on any atom is -0.497 e. The quantitative estimate of drug-likeness (QED) is 0.781. The van der Waals surface area contributed by atoms with Crippen molar-refractivity contribution in [3.8, 4) is 16.9 Å². The van der Waals surface area contributed by atoms with Crippen molar-refractivity contribution in [2.75, 3.05) is 7.11 Å². The second-order valence-corrected chi connectivity index (χ2v) is 4.93. The molecule has 22 heavy (non-hydrogen) atoms. The Labute approximate surface area is 126 Å². The van der Waals surface area contributed by atoms with Gasteiger partial charge in [-0.15, -0.1) is 0 Å². The van der Waals surface area contributed by atoms with E-state index in [0.717, 1.165) is 10.8 Å². The monoisotopic (exact) mass is 296 g/mol. The van der Waals surface area contributed by atoms with Gasteiger partial charge in [0.2, 0.25) is 0 Å². The molecule has 1 N–H and O–H groups in total. The van der Waals surface area contributed by atoms with Crippen molar-refractivity contribution in [2.24, 2.45) is 0 Å². The average Bonchev–Trinajstić information content (AvgIpc) is 2.53. The molecule has 0 aromatic heterocycles. The second-order valence-electron chi connectivity index (χ2n) is 4.93. The van der Waals surface area contributed by atoms with Crippen molar-refractivity contribution in [1.82, 2.24) is 0 Å². The van der Waals surface area contributed by atoms with Gasteiger partial charge < -0.3 is 9.84 Å². The molecule has 0 radical (unpaired) electrons. The van der Waals surface area contributed by atoms with Gasteiger partial charge in [0.1, 0.15) is 11.6 Å². The Hall–Kier alpha value is -2.88. The summed E-state index contributed by atoms with van der Waals surface area (Å²) >= 11 is 0.